The first-order valence-corrected chi connectivity index (χ1v) is 7.94. The Morgan fingerprint density at radius 3 is 2.74 bits per heavy atom. The number of carbonyl (C=O) groups is 2. The number of ether oxygens (including phenoxy) is 1. The second-order valence-electron chi connectivity index (χ2n) is 4.85. The van der Waals surface area contributed by atoms with Crippen molar-refractivity contribution in [1.29, 1.82) is 0 Å². The van der Waals surface area contributed by atoms with Gasteiger partial charge in [0.1, 0.15) is 5.75 Å². The van der Waals surface area contributed by atoms with Crippen molar-refractivity contribution < 1.29 is 14.3 Å². The number of hydrogen-bond donors (Lipinski definition) is 1. The molecule has 0 aliphatic carbocycles. The minimum Gasteiger partial charge on any atom is -0.494 e. The Hall–Kier alpha value is -2.54. The van der Waals surface area contributed by atoms with Gasteiger partial charge in [0.05, 0.1) is 30.1 Å². The number of imide groups is 1. The van der Waals surface area contributed by atoms with E-state index in [1.165, 1.54) is 11.2 Å². The molecule has 0 bridgehead atoms. The van der Waals surface area contributed by atoms with E-state index in [-0.39, 0.29) is 17.7 Å². The summed E-state index contributed by atoms with van der Waals surface area (Å²) in [5.74, 6) is 0.487. The normalized spacial score (nSPS) is 16.4. The van der Waals surface area contributed by atoms with Gasteiger partial charge in [-0.05, 0) is 42.5 Å². The Bertz CT molecular complexity index is 738. The molecule has 0 spiro atoms. The van der Waals surface area contributed by atoms with Gasteiger partial charge < -0.3 is 9.72 Å². The minimum atomic E-state index is -0.288. The number of nitrogens with zero attached hydrogens (tertiary/aromatic N) is 2. The van der Waals surface area contributed by atoms with Crippen molar-refractivity contribution >= 4 is 29.0 Å². The Balaban J connectivity index is 1.75. The number of amides is 2. The van der Waals surface area contributed by atoms with Crippen molar-refractivity contribution in [2.75, 3.05) is 6.61 Å². The summed E-state index contributed by atoms with van der Waals surface area (Å²) in [5.41, 5.74) is 1.56. The highest BCUT2D eigenvalue weighted by atomic mass is 32.2. The van der Waals surface area contributed by atoms with Gasteiger partial charge in [-0.25, -0.2) is 4.98 Å². The summed E-state index contributed by atoms with van der Waals surface area (Å²) in [5, 5.41) is -0.276. The van der Waals surface area contributed by atoms with E-state index in [2.05, 4.69) is 9.97 Å². The van der Waals surface area contributed by atoms with Crippen LogP contribution < -0.4 is 4.74 Å². The van der Waals surface area contributed by atoms with E-state index in [0.29, 0.717) is 11.5 Å². The molecule has 0 unspecified atom stereocenters. The summed E-state index contributed by atoms with van der Waals surface area (Å²) < 4.78 is 5.38. The molecule has 6 nitrogen and oxygen atoms in total. The largest absolute Gasteiger partial charge is 0.494 e. The summed E-state index contributed by atoms with van der Waals surface area (Å²) in [6.07, 6.45) is 4.83. The topological polar surface area (TPSA) is 75.3 Å². The molecule has 2 heterocycles. The third kappa shape index (κ3) is 3.45. The first-order valence-electron chi connectivity index (χ1n) is 7.13. The van der Waals surface area contributed by atoms with Gasteiger partial charge in [-0.1, -0.05) is 12.1 Å². The van der Waals surface area contributed by atoms with Crippen LogP contribution in [0.25, 0.3) is 6.08 Å². The number of aromatic nitrogens is 2. The Morgan fingerprint density at radius 2 is 2.09 bits per heavy atom. The Labute approximate surface area is 137 Å². The summed E-state index contributed by atoms with van der Waals surface area (Å²) in [4.78, 5) is 32.8. The maximum absolute atomic E-state index is 12.4. The number of hydrogen-bond acceptors (Lipinski definition) is 5. The van der Waals surface area contributed by atoms with Crippen molar-refractivity contribution in [3.8, 4) is 5.75 Å². The van der Waals surface area contributed by atoms with Crippen molar-refractivity contribution in [2.45, 2.75) is 13.5 Å². The van der Waals surface area contributed by atoms with Gasteiger partial charge in [-0.3, -0.25) is 14.5 Å². The zero-order valence-electron chi connectivity index (χ0n) is 12.5. The molecule has 0 radical (unpaired) electrons. The smallest absolute Gasteiger partial charge is 0.293 e. The molecule has 1 aromatic carbocycles. The van der Waals surface area contributed by atoms with Crippen LogP contribution in [0.2, 0.25) is 0 Å². The molecular formula is C16H15N3O3S. The SMILES string of the molecule is CCOc1ccc(/C=C2/SC(=O)N(Cc3cnc[nH]3)C2=O)cc1. The maximum atomic E-state index is 12.4. The van der Waals surface area contributed by atoms with Crippen LogP contribution in [0, 0.1) is 0 Å². The fourth-order valence-electron chi connectivity index (χ4n) is 2.16. The van der Waals surface area contributed by atoms with Crippen LogP contribution in [0.3, 0.4) is 0 Å². The van der Waals surface area contributed by atoms with E-state index in [4.69, 9.17) is 4.74 Å². The number of aromatic amines is 1. The van der Waals surface area contributed by atoms with E-state index in [9.17, 15) is 9.59 Å². The molecule has 118 valence electrons. The molecule has 1 aliphatic heterocycles. The summed E-state index contributed by atoms with van der Waals surface area (Å²) >= 11 is 0.946. The van der Waals surface area contributed by atoms with Gasteiger partial charge in [-0.2, -0.15) is 0 Å². The average molecular weight is 329 g/mol. The van der Waals surface area contributed by atoms with E-state index in [1.54, 1.807) is 12.3 Å². The summed E-state index contributed by atoms with van der Waals surface area (Å²) in [7, 11) is 0. The van der Waals surface area contributed by atoms with E-state index in [0.717, 1.165) is 28.8 Å². The lowest BCUT2D eigenvalue weighted by molar-refractivity contribution is -0.123. The van der Waals surface area contributed by atoms with Crippen LogP contribution in [0.1, 0.15) is 18.2 Å². The van der Waals surface area contributed by atoms with Crippen LogP contribution in [0.4, 0.5) is 4.79 Å². The molecule has 0 atom stereocenters. The second kappa shape index (κ2) is 6.70. The maximum Gasteiger partial charge on any atom is 0.293 e. The number of H-pyrrole nitrogens is 1. The third-order valence-corrected chi connectivity index (χ3v) is 4.15. The van der Waals surface area contributed by atoms with Crippen LogP contribution in [0.15, 0.2) is 41.7 Å². The quantitative estimate of drug-likeness (QED) is 0.853. The third-order valence-electron chi connectivity index (χ3n) is 3.25. The molecule has 2 aromatic rings. The van der Waals surface area contributed by atoms with Gasteiger partial charge in [0.15, 0.2) is 0 Å². The van der Waals surface area contributed by atoms with E-state index >= 15 is 0 Å². The number of thioether (sulfide) groups is 1. The molecule has 1 fully saturated rings. The van der Waals surface area contributed by atoms with E-state index < -0.39 is 0 Å². The molecular weight excluding hydrogens is 314 g/mol. The Morgan fingerprint density at radius 1 is 1.30 bits per heavy atom. The predicted molar refractivity (Wildman–Crippen MR) is 87.7 cm³/mol. The summed E-state index contributed by atoms with van der Waals surface area (Å²) in [6, 6.07) is 7.38. The van der Waals surface area contributed by atoms with Crippen LogP contribution in [-0.4, -0.2) is 32.6 Å². The highest BCUT2D eigenvalue weighted by molar-refractivity contribution is 8.18. The lowest BCUT2D eigenvalue weighted by Gasteiger charge is -2.10. The van der Waals surface area contributed by atoms with Crippen LogP contribution in [0.5, 0.6) is 5.75 Å². The first-order chi connectivity index (χ1) is 11.2. The molecule has 1 N–H and O–H groups in total. The minimum absolute atomic E-state index is 0.200. The molecule has 1 aromatic heterocycles. The van der Waals surface area contributed by atoms with Gasteiger partial charge in [0, 0.05) is 6.20 Å². The van der Waals surface area contributed by atoms with Gasteiger partial charge in [-0.15, -0.1) is 0 Å². The number of nitrogens with one attached hydrogen (secondary N) is 1. The fraction of sp³-hybridized carbons (Fsp3) is 0.188. The summed E-state index contributed by atoms with van der Waals surface area (Å²) in [6.45, 7) is 2.72. The molecule has 3 rings (SSSR count). The molecule has 1 aliphatic rings. The van der Waals surface area contributed by atoms with Gasteiger partial charge in [0.25, 0.3) is 11.1 Å². The molecule has 2 amide bonds. The van der Waals surface area contributed by atoms with Gasteiger partial charge in [0.2, 0.25) is 0 Å². The first kappa shape index (κ1) is 15.4. The zero-order chi connectivity index (χ0) is 16.2. The highest BCUT2D eigenvalue weighted by Gasteiger charge is 2.35. The zero-order valence-corrected chi connectivity index (χ0v) is 13.3. The number of imidazole rings is 1. The molecule has 1 saturated heterocycles. The van der Waals surface area contributed by atoms with Crippen molar-refractivity contribution in [3.63, 3.8) is 0 Å². The standard InChI is InChI=1S/C16H15N3O3S/c1-2-22-13-5-3-11(4-6-13)7-14-15(20)19(16(21)23-14)9-12-8-17-10-18-12/h3-8,10H,2,9H2,1H3,(H,17,18)/b14-7+. The van der Waals surface area contributed by atoms with E-state index in [1.807, 2.05) is 31.2 Å². The van der Waals surface area contributed by atoms with Crippen molar-refractivity contribution in [3.05, 3.63) is 53.0 Å². The second-order valence-corrected chi connectivity index (χ2v) is 5.84. The predicted octanol–water partition coefficient (Wildman–Crippen LogP) is 3.04. The monoisotopic (exact) mass is 329 g/mol. The number of carbonyl (C=O) groups excluding carboxylic acids is 2. The lowest BCUT2D eigenvalue weighted by atomic mass is 10.2. The molecule has 23 heavy (non-hydrogen) atoms. The van der Waals surface area contributed by atoms with Gasteiger partial charge >= 0.3 is 0 Å². The molecule has 7 heteroatoms. The van der Waals surface area contributed by atoms with Crippen LogP contribution >= 0.6 is 11.8 Å². The Kier molecular flexibility index (Phi) is 4.47. The fourth-order valence-corrected chi connectivity index (χ4v) is 2.99. The number of rotatable bonds is 5. The lowest BCUT2D eigenvalue weighted by Crippen LogP contribution is -2.27. The van der Waals surface area contributed by atoms with Crippen LogP contribution in [-0.2, 0) is 11.3 Å². The molecule has 0 saturated carbocycles. The highest BCUT2D eigenvalue weighted by Crippen LogP contribution is 2.33. The number of benzene rings is 1. The van der Waals surface area contributed by atoms with Crippen molar-refractivity contribution in [2.24, 2.45) is 0 Å². The average Bonchev–Trinajstić information content (AvgIpc) is 3.14. The van der Waals surface area contributed by atoms with Crippen molar-refractivity contribution in [1.82, 2.24) is 14.9 Å².